The van der Waals surface area contributed by atoms with Gasteiger partial charge in [-0.1, -0.05) is 0 Å². The van der Waals surface area contributed by atoms with Gasteiger partial charge >= 0.3 is 0 Å². The summed E-state index contributed by atoms with van der Waals surface area (Å²) in [5.41, 5.74) is 5.19. The summed E-state index contributed by atoms with van der Waals surface area (Å²) in [4.78, 5) is 23.9. The standard InChI is InChI=1S/C12H14FN3O3/c1-7-10(14)4-5-15(7)12(17)9-6-8(13)2-3-11(9)16(18)19/h2-3,6-7,10H,4-5,14H2,1H3. The highest BCUT2D eigenvalue weighted by Crippen LogP contribution is 2.25. The Bertz CT molecular complexity index is 535. The quantitative estimate of drug-likeness (QED) is 0.646. The van der Waals surface area contributed by atoms with Crippen molar-refractivity contribution in [1.82, 2.24) is 4.90 Å². The minimum atomic E-state index is -0.687. The van der Waals surface area contributed by atoms with Gasteiger partial charge in [0.15, 0.2) is 0 Å². The largest absolute Gasteiger partial charge is 0.334 e. The van der Waals surface area contributed by atoms with Crippen molar-refractivity contribution in [3.05, 3.63) is 39.7 Å². The highest BCUT2D eigenvalue weighted by Gasteiger charge is 2.34. The molecule has 2 rings (SSSR count). The number of likely N-dealkylation sites (tertiary alicyclic amines) is 1. The molecule has 1 aromatic carbocycles. The lowest BCUT2D eigenvalue weighted by atomic mass is 10.1. The van der Waals surface area contributed by atoms with Crippen LogP contribution < -0.4 is 5.73 Å². The molecule has 102 valence electrons. The fraction of sp³-hybridized carbons (Fsp3) is 0.417. The molecule has 1 fully saturated rings. The molecule has 0 bridgehead atoms. The molecular weight excluding hydrogens is 253 g/mol. The third-order valence-electron chi connectivity index (χ3n) is 3.46. The van der Waals surface area contributed by atoms with Crippen molar-refractivity contribution >= 4 is 11.6 Å². The Morgan fingerprint density at radius 2 is 2.26 bits per heavy atom. The summed E-state index contributed by atoms with van der Waals surface area (Å²) in [5, 5.41) is 10.9. The van der Waals surface area contributed by atoms with E-state index in [4.69, 9.17) is 5.73 Å². The maximum absolute atomic E-state index is 13.2. The number of carbonyl (C=O) groups excluding carboxylic acids is 1. The van der Waals surface area contributed by atoms with Crippen LogP contribution in [0.1, 0.15) is 23.7 Å². The molecule has 19 heavy (non-hydrogen) atoms. The summed E-state index contributed by atoms with van der Waals surface area (Å²) in [6.07, 6.45) is 0.635. The molecule has 0 spiro atoms. The van der Waals surface area contributed by atoms with Crippen LogP contribution in [0.3, 0.4) is 0 Å². The van der Waals surface area contributed by atoms with E-state index in [1.165, 1.54) is 4.90 Å². The van der Waals surface area contributed by atoms with Gasteiger partial charge in [-0.15, -0.1) is 0 Å². The molecule has 1 aliphatic heterocycles. The maximum atomic E-state index is 13.2. The summed E-state index contributed by atoms with van der Waals surface area (Å²) in [7, 11) is 0. The molecule has 6 nitrogen and oxygen atoms in total. The van der Waals surface area contributed by atoms with Crippen molar-refractivity contribution in [2.75, 3.05) is 6.54 Å². The number of nitro benzene ring substituents is 1. The van der Waals surface area contributed by atoms with Crippen molar-refractivity contribution < 1.29 is 14.1 Å². The van der Waals surface area contributed by atoms with E-state index in [-0.39, 0.29) is 23.3 Å². The van der Waals surface area contributed by atoms with E-state index >= 15 is 0 Å². The topological polar surface area (TPSA) is 89.5 Å². The minimum absolute atomic E-state index is 0.156. The molecule has 2 unspecified atom stereocenters. The minimum Gasteiger partial charge on any atom is -0.334 e. The Morgan fingerprint density at radius 3 is 2.79 bits per heavy atom. The van der Waals surface area contributed by atoms with E-state index in [1.807, 2.05) is 0 Å². The van der Waals surface area contributed by atoms with Gasteiger partial charge in [-0.3, -0.25) is 14.9 Å². The predicted octanol–water partition coefficient (Wildman–Crippen LogP) is 1.30. The molecule has 0 aromatic heterocycles. The van der Waals surface area contributed by atoms with Crippen LogP contribution in [-0.2, 0) is 0 Å². The number of halogens is 1. The number of nitrogens with two attached hydrogens (primary N) is 1. The number of rotatable bonds is 2. The van der Waals surface area contributed by atoms with Gasteiger partial charge in [-0.05, 0) is 25.5 Å². The lowest BCUT2D eigenvalue weighted by Gasteiger charge is -2.23. The lowest BCUT2D eigenvalue weighted by Crippen LogP contribution is -2.40. The van der Waals surface area contributed by atoms with E-state index in [2.05, 4.69) is 0 Å². The first-order valence-corrected chi connectivity index (χ1v) is 5.92. The number of nitro groups is 1. The second-order valence-electron chi connectivity index (χ2n) is 4.61. The van der Waals surface area contributed by atoms with Gasteiger partial charge in [-0.25, -0.2) is 4.39 Å². The van der Waals surface area contributed by atoms with Gasteiger partial charge in [0, 0.05) is 24.7 Å². The third-order valence-corrected chi connectivity index (χ3v) is 3.46. The monoisotopic (exact) mass is 267 g/mol. The average Bonchev–Trinajstić information content (AvgIpc) is 2.68. The van der Waals surface area contributed by atoms with E-state index in [0.29, 0.717) is 13.0 Å². The van der Waals surface area contributed by atoms with Crippen LogP contribution in [0, 0.1) is 15.9 Å². The molecule has 2 N–H and O–H groups in total. The fourth-order valence-corrected chi connectivity index (χ4v) is 2.24. The molecule has 1 heterocycles. The summed E-state index contributed by atoms with van der Waals surface area (Å²) >= 11 is 0. The first kappa shape index (κ1) is 13.4. The SMILES string of the molecule is CC1C(N)CCN1C(=O)c1cc(F)ccc1[N+](=O)[O-]. The van der Waals surface area contributed by atoms with Crippen LogP contribution in [0.4, 0.5) is 10.1 Å². The first-order valence-electron chi connectivity index (χ1n) is 5.92. The van der Waals surface area contributed by atoms with Crippen molar-refractivity contribution in [2.45, 2.75) is 25.4 Å². The van der Waals surface area contributed by atoms with Gasteiger partial charge in [0.05, 0.1) is 4.92 Å². The molecule has 7 heteroatoms. The Hall–Kier alpha value is -2.02. The molecule has 2 atom stereocenters. The van der Waals surface area contributed by atoms with Crippen LogP contribution >= 0.6 is 0 Å². The number of carbonyl (C=O) groups is 1. The first-order chi connectivity index (χ1) is 8.91. The molecule has 1 aromatic rings. The Balaban J connectivity index is 2.38. The Morgan fingerprint density at radius 1 is 1.58 bits per heavy atom. The third kappa shape index (κ3) is 2.41. The van der Waals surface area contributed by atoms with E-state index in [9.17, 15) is 19.3 Å². The number of hydrogen-bond donors (Lipinski definition) is 1. The van der Waals surface area contributed by atoms with E-state index in [0.717, 1.165) is 18.2 Å². The summed E-state index contributed by atoms with van der Waals surface area (Å²) in [6.45, 7) is 2.20. The zero-order valence-electron chi connectivity index (χ0n) is 10.4. The van der Waals surface area contributed by atoms with Gasteiger partial charge < -0.3 is 10.6 Å². The molecule has 1 aliphatic rings. The zero-order chi connectivity index (χ0) is 14.2. The maximum Gasteiger partial charge on any atom is 0.282 e. The Labute approximate surface area is 109 Å². The fourth-order valence-electron chi connectivity index (χ4n) is 2.24. The molecule has 0 saturated carbocycles. The predicted molar refractivity (Wildman–Crippen MR) is 66.1 cm³/mol. The Kier molecular flexibility index (Phi) is 3.48. The van der Waals surface area contributed by atoms with E-state index < -0.39 is 16.6 Å². The smallest absolute Gasteiger partial charge is 0.282 e. The van der Waals surface area contributed by atoms with Gasteiger partial charge in [0.2, 0.25) is 0 Å². The second-order valence-corrected chi connectivity index (χ2v) is 4.61. The summed E-state index contributed by atoms with van der Waals surface area (Å²) in [6, 6.07) is 2.50. The zero-order valence-corrected chi connectivity index (χ0v) is 10.4. The highest BCUT2D eigenvalue weighted by molar-refractivity contribution is 5.98. The number of benzene rings is 1. The summed E-state index contributed by atoms with van der Waals surface area (Å²) < 4.78 is 13.2. The number of hydrogen-bond acceptors (Lipinski definition) is 4. The highest BCUT2D eigenvalue weighted by atomic mass is 19.1. The number of nitrogens with zero attached hydrogens (tertiary/aromatic N) is 2. The molecule has 1 amide bonds. The van der Waals surface area contributed by atoms with Crippen LogP contribution in [0.5, 0.6) is 0 Å². The van der Waals surface area contributed by atoms with Crippen LogP contribution in [0.2, 0.25) is 0 Å². The van der Waals surface area contributed by atoms with Crippen LogP contribution in [-0.4, -0.2) is 34.4 Å². The van der Waals surface area contributed by atoms with Gasteiger partial charge in [0.1, 0.15) is 11.4 Å². The van der Waals surface area contributed by atoms with Crippen molar-refractivity contribution in [2.24, 2.45) is 5.73 Å². The molecule has 0 aliphatic carbocycles. The molecule has 0 radical (unpaired) electrons. The average molecular weight is 267 g/mol. The van der Waals surface area contributed by atoms with Crippen molar-refractivity contribution in [3.63, 3.8) is 0 Å². The summed E-state index contributed by atoms with van der Waals surface area (Å²) in [5.74, 6) is -1.23. The molecule has 1 saturated heterocycles. The second kappa shape index (κ2) is 4.93. The molecular formula is C12H14FN3O3. The van der Waals surface area contributed by atoms with Gasteiger partial charge in [-0.2, -0.15) is 0 Å². The van der Waals surface area contributed by atoms with Crippen molar-refractivity contribution in [1.29, 1.82) is 0 Å². The normalized spacial score (nSPS) is 22.6. The van der Waals surface area contributed by atoms with Gasteiger partial charge in [0.25, 0.3) is 11.6 Å². The van der Waals surface area contributed by atoms with Crippen LogP contribution in [0.25, 0.3) is 0 Å². The number of amides is 1. The van der Waals surface area contributed by atoms with E-state index in [1.54, 1.807) is 6.92 Å². The van der Waals surface area contributed by atoms with Crippen molar-refractivity contribution in [3.8, 4) is 0 Å². The lowest BCUT2D eigenvalue weighted by molar-refractivity contribution is -0.385. The van der Waals surface area contributed by atoms with Crippen LogP contribution in [0.15, 0.2) is 18.2 Å².